The summed E-state index contributed by atoms with van der Waals surface area (Å²) >= 11 is 8.91. The van der Waals surface area contributed by atoms with Gasteiger partial charge in [0.2, 0.25) is 0 Å². The maximum absolute atomic E-state index is 14.3. The van der Waals surface area contributed by atoms with Gasteiger partial charge in [0, 0.05) is 6.07 Å². The maximum atomic E-state index is 14.3. The number of benzene rings is 1. The number of hydrogen-bond acceptors (Lipinski definition) is 5. The van der Waals surface area contributed by atoms with Crippen molar-refractivity contribution >= 4 is 35.3 Å². The van der Waals surface area contributed by atoms with Crippen LogP contribution in [0.4, 0.5) is 4.39 Å². The van der Waals surface area contributed by atoms with Crippen LogP contribution in [-0.4, -0.2) is 20.2 Å². The Morgan fingerprint density at radius 2 is 2.04 bits per heavy atom. The number of rotatable bonds is 9. The molecule has 3 nitrogen and oxygen atoms in total. The summed E-state index contributed by atoms with van der Waals surface area (Å²) in [7, 11) is 3.75. The maximum Gasteiger partial charge on any atom is 0.142 e. The molecule has 1 saturated carbocycles. The Hall–Kier alpha value is -0.820. The number of halogens is 2. The lowest BCUT2D eigenvalue weighted by atomic mass is 10.1. The lowest BCUT2D eigenvalue weighted by Gasteiger charge is -2.15. The van der Waals surface area contributed by atoms with E-state index < -0.39 is 0 Å². The van der Waals surface area contributed by atoms with Crippen molar-refractivity contribution in [1.82, 2.24) is 10.0 Å². The van der Waals surface area contributed by atoms with Crippen molar-refractivity contribution in [2.75, 3.05) is 14.1 Å². The summed E-state index contributed by atoms with van der Waals surface area (Å²) < 4.78 is 23.2. The molecule has 1 aromatic carbocycles. The first-order valence-electron chi connectivity index (χ1n) is 9.60. The van der Waals surface area contributed by atoms with Gasteiger partial charge in [-0.05, 0) is 69.1 Å². The standard InChI is InChI=1S/C19H25ClFNOS2.C2H7N/c1-4-13(2)9-10-24-14(3)22-25-19-11-16(20)18(12-17(19)21)23-15-7-5-6-8-15;1-3-2/h9-13,15,22H,3-8H2,1-2H3;3H,1-2H3/b10-9-;. The second kappa shape index (κ2) is 14.2. The summed E-state index contributed by atoms with van der Waals surface area (Å²) in [5.41, 5.74) is 0. The minimum absolute atomic E-state index is 0.155. The van der Waals surface area contributed by atoms with Gasteiger partial charge in [-0.25, -0.2) is 4.39 Å². The summed E-state index contributed by atoms with van der Waals surface area (Å²) in [6, 6.07) is 2.98. The first-order chi connectivity index (χ1) is 13.4. The number of thioether (sulfide) groups is 1. The largest absolute Gasteiger partial charge is 0.489 e. The Balaban J connectivity index is 0.00000122. The molecule has 0 aliphatic heterocycles. The average molecular weight is 447 g/mol. The molecule has 1 fully saturated rings. The second-order valence-electron chi connectivity index (χ2n) is 6.70. The third-order valence-corrected chi connectivity index (χ3v) is 6.10. The molecule has 2 rings (SSSR count). The van der Waals surface area contributed by atoms with E-state index in [1.165, 1.54) is 29.8 Å². The molecule has 1 unspecified atom stereocenters. The van der Waals surface area contributed by atoms with Crippen LogP contribution >= 0.6 is 35.3 Å². The molecule has 2 N–H and O–H groups in total. The first kappa shape index (κ1) is 25.2. The Bertz CT molecular complexity index is 637. The van der Waals surface area contributed by atoms with E-state index in [1.807, 2.05) is 19.5 Å². The lowest BCUT2D eigenvalue weighted by Crippen LogP contribution is -2.11. The molecule has 28 heavy (non-hydrogen) atoms. The fourth-order valence-corrected chi connectivity index (χ4v) is 4.05. The third kappa shape index (κ3) is 9.59. The number of allylic oxidation sites excluding steroid dienone is 1. The smallest absolute Gasteiger partial charge is 0.142 e. The monoisotopic (exact) mass is 446 g/mol. The van der Waals surface area contributed by atoms with E-state index in [0.717, 1.165) is 37.1 Å². The van der Waals surface area contributed by atoms with Gasteiger partial charge in [-0.3, -0.25) is 0 Å². The molecule has 1 aliphatic rings. The van der Waals surface area contributed by atoms with Crippen LogP contribution in [0.25, 0.3) is 0 Å². The van der Waals surface area contributed by atoms with Gasteiger partial charge in [-0.2, -0.15) is 0 Å². The van der Waals surface area contributed by atoms with E-state index in [2.05, 4.69) is 36.5 Å². The zero-order valence-electron chi connectivity index (χ0n) is 17.2. The molecule has 0 radical (unpaired) electrons. The number of hydrogen-bond donors (Lipinski definition) is 2. The van der Waals surface area contributed by atoms with Gasteiger partial charge in [0.25, 0.3) is 0 Å². The number of nitrogens with one attached hydrogen (secondary N) is 2. The van der Waals surface area contributed by atoms with Crippen LogP contribution in [0.3, 0.4) is 0 Å². The summed E-state index contributed by atoms with van der Waals surface area (Å²) in [6.07, 6.45) is 7.73. The molecule has 1 aliphatic carbocycles. The normalized spacial score (nSPS) is 15.2. The highest BCUT2D eigenvalue weighted by atomic mass is 35.5. The van der Waals surface area contributed by atoms with Crippen LogP contribution < -0.4 is 14.8 Å². The Kier molecular flexibility index (Phi) is 12.8. The zero-order valence-corrected chi connectivity index (χ0v) is 19.6. The Labute approximate surface area is 183 Å². The van der Waals surface area contributed by atoms with E-state index in [9.17, 15) is 4.39 Å². The van der Waals surface area contributed by atoms with Crippen molar-refractivity contribution < 1.29 is 9.13 Å². The molecule has 1 atom stereocenters. The van der Waals surface area contributed by atoms with Crippen LogP contribution in [0.15, 0.2) is 40.1 Å². The molecular formula is C21H32ClFN2OS2. The first-order valence-corrected chi connectivity index (χ1v) is 11.7. The van der Waals surface area contributed by atoms with Crippen LogP contribution in [0.1, 0.15) is 46.0 Å². The molecule has 0 spiro atoms. The summed E-state index contributed by atoms with van der Waals surface area (Å²) in [5, 5.41) is 5.94. The van der Waals surface area contributed by atoms with Gasteiger partial charge >= 0.3 is 0 Å². The second-order valence-corrected chi connectivity index (χ2v) is 8.95. The average Bonchev–Trinajstić information content (AvgIpc) is 3.17. The van der Waals surface area contributed by atoms with E-state index >= 15 is 0 Å². The molecule has 158 valence electrons. The van der Waals surface area contributed by atoms with E-state index in [0.29, 0.717) is 21.6 Å². The van der Waals surface area contributed by atoms with Crippen LogP contribution in [-0.2, 0) is 0 Å². The molecule has 0 saturated heterocycles. The van der Waals surface area contributed by atoms with Crippen molar-refractivity contribution in [2.45, 2.75) is 57.0 Å². The minimum atomic E-state index is -0.345. The highest BCUT2D eigenvalue weighted by Crippen LogP contribution is 2.35. The van der Waals surface area contributed by atoms with Gasteiger partial charge in [0.1, 0.15) is 11.6 Å². The SMILES string of the molecule is C=C(NSc1cc(Cl)c(OC2CCCC2)cc1F)S/C=C\C(C)CC.CNC. The predicted octanol–water partition coefficient (Wildman–Crippen LogP) is 7.00. The molecule has 0 bridgehead atoms. The Morgan fingerprint density at radius 3 is 2.64 bits per heavy atom. The molecule has 0 aromatic heterocycles. The predicted molar refractivity (Wildman–Crippen MR) is 124 cm³/mol. The zero-order chi connectivity index (χ0) is 20.9. The van der Waals surface area contributed by atoms with E-state index in [4.69, 9.17) is 16.3 Å². The van der Waals surface area contributed by atoms with Crippen LogP contribution in [0.2, 0.25) is 5.02 Å². The lowest BCUT2D eigenvalue weighted by molar-refractivity contribution is 0.209. The quantitative estimate of drug-likeness (QED) is 0.399. The van der Waals surface area contributed by atoms with E-state index in [1.54, 1.807) is 6.07 Å². The van der Waals surface area contributed by atoms with Crippen LogP contribution in [0, 0.1) is 11.7 Å². The number of ether oxygens (including phenoxy) is 1. The highest BCUT2D eigenvalue weighted by molar-refractivity contribution is 8.07. The van der Waals surface area contributed by atoms with Crippen molar-refractivity contribution in [3.63, 3.8) is 0 Å². The van der Waals surface area contributed by atoms with Gasteiger partial charge in [0.05, 0.1) is 21.1 Å². The van der Waals surface area contributed by atoms with Crippen molar-refractivity contribution in [3.8, 4) is 5.75 Å². The third-order valence-electron chi connectivity index (χ3n) is 4.12. The summed E-state index contributed by atoms with van der Waals surface area (Å²) in [4.78, 5) is 0.427. The van der Waals surface area contributed by atoms with Crippen molar-refractivity contribution in [1.29, 1.82) is 0 Å². The van der Waals surface area contributed by atoms with Gasteiger partial charge < -0.3 is 14.8 Å². The van der Waals surface area contributed by atoms with Gasteiger partial charge in [-0.15, -0.1) is 0 Å². The van der Waals surface area contributed by atoms with Crippen molar-refractivity contribution in [3.05, 3.63) is 46.1 Å². The summed E-state index contributed by atoms with van der Waals surface area (Å²) in [5.74, 6) is 0.625. The highest BCUT2D eigenvalue weighted by Gasteiger charge is 2.19. The minimum Gasteiger partial charge on any atom is -0.489 e. The van der Waals surface area contributed by atoms with Gasteiger partial charge in [-0.1, -0.05) is 56.3 Å². The van der Waals surface area contributed by atoms with Gasteiger partial charge in [0.15, 0.2) is 0 Å². The molecule has 7 heteroatoms. The topological polar surface area (TPSA) is 33.3 Å². The van der Waals surface area contributed by atoms with E-state index in [-0.39, 0.29) is 11.9 Å². The van der Waals surface area contributed by atoms with Crippen LogP contribution in [0.5, 0.6) is 5.75 Å². The fourth-order valence-electron chi connectivity index (χ4n) is 2.39. The van der Waals surface area contributed by atoms with Crippen molar-refractivity contribution in [2.24, 2.45) is 5.92 Å². The molecule has 0 amide bonds. The Morgan fingerprint density at radius 1 is 1.39 bits per heavy atom. The molecular weight excluding hydrogens is 415 g/mol. The fraction of sp³-hybridized carbons (Fsp3) is 0.524. The molecule has 0 heterocycles. The molecule has 1 aromatic rings. The summed E-state index contributed by atoms with van der Waals surface area (Å²) in [6.45, 7) is 8.24.